The van der Waals surface area contributed by atoms with Gasteiger partial charge in [0.1, 0.15) is 0 Å². The van der Waals surface area contributed by atoms with Crippen molar-refractivity contribution in [1.82, 2.24) is 25.1 Å². The molecule has 0 aliphatic carbocycles. The van der Waals surface area contributed by atoms with E-state index < -0.39 is 0 Å². The highest BCUT2D eigenvalue weighted by atomic mass is 15.3. The van der Waals surface area contributed by atoms with E-state index in [1.807, 2.05) is 24.6 Å². The first kappa shape index (κ1) is 13.7. The van der Waals surface area contributed by atoms with Crippen LogP contribution < -0.4 is 5.32 Å². The zero-order valence-corrected chi connectivity index (χ0v) is 12.2. The van der Waals surface area contributed by atoms with Crippen molar-refractivity contribution in [2.24, 2.45) is 0 Å². The first-order valence-corrected chi connectivity index (χ1v) is 6.45. The fraction of sp³-hybridized carbons (Fsp3) is 0.500. The molecule has 5 heteroatoms. The minimum absolute atomic E-state index is 0.0794. The summed E-state index contributed by atoms with van der Waals surface area (Å²) in [6, 6.07) is 2.02. The Morgan fingerprint density at radius 2 is 1.89 bits per heavy atom. The van der Waals surface area contributed by atoms with Crippen molar-refractivity contribution in [3.8, 4) is 5.82 Å². The summed E-state index contributed by atoms with van der Waals surface area (Å²) in [4.78, 5) is 8.84. The van der Waals surface area contributed by atoms with Crippen LogP contribution in [-0.4, -0.2) is 25.3 Å². The topological polar surface area (TPSA) is 55.6 Å². The fourth-order valence-electron chi connectivity index (χ4n) is 1.77. The Morgan fingerprint density at radius 1 is 1.16 bits per heavy atom. The van der Waals surface area contributed by atoms with Crippen LogP contribution in [0.2, 0.25) is 0 Å². The molecule has 1 N–H and O–H groups in total. The summed E-state index contributed by atoms with van der Waals surface area (Å²) in [5.74, 6) is 0.755. The highest BCUT2D eigenvalue weighted by molar-refractivity contribution is 5.23. The zero-order chi connectivity index (χ0) is 14.0. The van der Waals surface area contributed by atoms with Gasteiger partial charge in [-0.05, 0) is 40.7 Å². The summed E-state index contributed by atoms with van der Waals surface area (Å²) >= 11 is 0. The number of rotatable bonds is 3. The lowest BCUT2D eigenvalue weighted by atomic mass is 10.1. The van der Waals surface area contributed by atoms with Crippen LogP contribution in [0.3, 0.4) is 0 Å². The van der Waals surface area contributed by atoms with Gasteiger partial charge < -0.3 is 5.32 Å². The van der Waals surface area contributed by atoms with E-state index in [9.17, 15) is 0 Å². The van der Waals surface area contributed by atoms with Gasteiger partial charge in [-0.1, -0.05) is 0 Å². The second-order valence-corrected chi connectivity index (χ2v) is 5.81. The number of aryl methyl sites for hydroxylation is 2. The van der Waals surface area contributed by atoms with Crippen molar-refractivity contribution in [3.05, 3.63) is 35.5 Å². The maximum absolute atomic E-state index is 4.42. The van der Waals surface area contributed by atoms with E-state index in [0.29, 0.717) is 6.54 Å². The minimum atomic E-state index is 0.0794. The summed E-state index contributed by atoms with van der Waals surface area (Å²) < 4.78 is 1.81. The summed E-state index contributed by atoms with van der Waals surface area (Å²) in [5.41, 5.74) is 3.06. The van der Waals surface area contributed by atoms with Crippen LogP contribution in [0.1, 0.15) is 37.9 Å². The van der Waals surface area contributed by atoms with Crippen LogP contribution in [0.25, 0.3) is 5.82 Å². The largest absolute Gasteiger partial charge is 0.306 e. The van der Waals surface area contributed by atoms with Gasteiger partial charge in [0.25, 0.3) is 0 Å². The Labute approximate surface area is 114 Å². The average molecular weight is 259 g/mol. The molecule has 0 saturated carbocycles. The van der Waals surface area contributed by atoms with Crippen molar-refractivity contribution in [2.75, 3.05) is 0 Å². The Morgan fingerprint density at radius 3 is 2.37 bits per heavy atom. The number of aromatic nitrogens is 4. The minimum Gasteiger partial charge on any atom is -0.306 e. The van der Waals surface area contributed by atoms with Gasteiger partial charge >= 0.3 is 0 Å². The Bertz CT molecular complexity index is 548. The molecule has 102 valence electrons. The molecule has 0 radical (unpaired) electrons. The SMILES string of the molecule is Cc1cc(C)n(-c2cnc(CNC(C)(C)C)cn2)n1. The Hall–Kier alpha value is -1.75. The summed E-state index contributed by atoms with van der Waals surface area (Å²) in [6.07, 6.45) is 3.56. The summed E-state index contributed by atoms with van der Waals surface area (Å²) in [6.45, 7) is 11.1. The first-order valence-electron chi connectivity index (χ1n) is 6.45. The molecule has 0 saturated heterocycles. The molecule has 19 heavy (non-hydrogen) atoms. The third kappa shape index (κ3) is 3.61. The molecule has 0 aliphatic rings. The summed E-state index contributed by atoms with van der Waals surface area (Å²) in [5, 5.41) is 7.78. The van der Waals surface area contributed by atoms with Gasteiger partial charge in [-0.3, -0.25) is 4.98 Å². The van der Waals surface area contributed by atoms with Crippen LogP contribution in [0.5, 0.6) is 0 Å². The van der Waals surface area contributed by atoms with Gasteiger partial charge in [0.05, 0.1) is 23.8 Å². The lowest BCUT2D eigenvalue weighted by Crippen LogP contribution is -2.35. The van der Waals surface area contributed by atoms with Gasteiger partial charge in [-0.15, -0.1) is 0 Å². The van der Waals surface area contributed by atoms with Crippen molar-refractivity contribution in [1.29, 1.82) is 0 Å². The second-order valence-electron chi connectivity index (χ2n) is 5.81. The van der Waals surface area contributed by atoms with Crippen LogP contribution in [0.4, 0.5) is 0 Å². The zero-order valence-electron chi connectivity index (χ0n) is 12.2. The number of nitrogens with zero attached hydrogens (tertiary/aromatic N) is 4. The van der Waals surface area contributed by atoms with Gasteiger partial charge in [-0.25, -0.2) is 9.67 Å². The monoisotopic (exact) mass is 259 g/mol. The lowest BCUT2D eigenvalue weighted by Gasteiger charge is -2.19. The molecule has 2 aromatic rings. The van der Waals surface area contributed by atoms with Crippen molar-refractivity contribution < 1.29 is 0 Å². The molecule has 2 rings (SSSR count). The van der Waals surface area contributed by atoms with Gasteiger partial charge in [0.2, 0.25) is 0 Å². The summed E-state index contributed by atoms with van der Waals surface area (Å²) in [7, 11) is 0. The molecule has 0 atom stereocenters. The van der Waals surface area contributed by atoms with Crippen LogP contribution in [0, 0.1) is 13.8 Å². The fourth-order valence-corrected chi connectivity index (χ4v) is 1.77. The molecule has 0 amide bonds. The van der Waals surface area contributed by atoms with Crippen LogP contribution >= 0.6 is 0 Å². The van der Waals surface area contributed by atoms with Crippen LogP contribution in [0.15, 0.2) is 18.5 Å². The molecule has 0 fully saturated rings. The third-order valence-electron chi connectivity index (χ3n) is 2.72. The van der Waals surface area contributed by atoms with E-state index in [0.717, 1.165) is 22.9 Å². The normalized spacial score (nSPS) is 11.8. The molecule has 0 bridgehead atoms. The van der Waals surface area contributed by atoms with Crippen molar-refractivity contribution in [3.63, 3.8) is 0 Å². The highest BCUT2D eigenvalue weighted by Crippen LogP contribution is 2.09. The smallest absolute Gasteiger partial charge is 0.172 e. The molecular weight excluding hydrogens is 238 g/mol. The molecule has 5 nitrogen and oxygen atoms in total. The van der Waals surface area contributed by atoms with Gasteiger partial charge in [0, 0.05) is 17.8 Å². The predicted molar refractivity (Wildman–Crippen MR) is 75.2 cm³/mol. The standard InChI is InChI=1S/C14H21N5/c1-10-6-11(2)19(18-10)13-9-15-12(7-16-13)8-17-14(3,4)5/h6-7,9,17H,8H2,1-5H3. The van der Waals surface area contributed by atoms with E-state index >= 15 is 0 Å². The van der Waals surface area contributed by atoms with E-state index in [4.69, 9.17) is 0 Å². The van der Waals surface area contributed by atoms with Crippen molar-refractivity contribution in [2.45, 2.75) is 46.7 Å². The van der Waals surface area contributed by atoms with Gasteiger partial charge in [0.15, 0.2) is 5.82 Å². The Kier molecular flexibility index (Phi) is 3.66. The number of hydrogen-bond acceptors (Lipinski definition) is 4. The van der Waals surface area contributed by atoms with Crippen molar-refractivity contribution >= 4 is 0 Å². The molecule has 0 unspecified atom stereocenters. The van der Waals surface area contributed by atoms with E-state index in [1.165, 1.54) is 0 Å². The Balaban J connectivity index is 2.12. The number of nitrogens with one attached hydrogen (secondary N) is 1. The molecule has 0 spiro atoms. The maximum Gasteiger partial charge on any atom is 0.172 e. The second kappa shape index (κ2) is 5.09. The third-order valence-corrected chi connectivity index (χ3v) is 2.72. The molecule has 0 aromatic carbocycles. The quantitative estimate of drug-likeness (QED) is 0.917. The molecule has 0 aliphatic heterocycles. The van der Waals surface area contributed by atoms with E-state index in [-0.39, 0.29) is 5.54 Å². The van der Waals surface area contributed by atoms with Gasteiger partial charge in [-0.2, -0.15) is 5.10 Å². The van der Waals surface area contributed by atoms with E-state index in [2.05, 4.69) is 41.2 Å². The first-order chi connectivity index (χ1) is 8.85. The predicted octanol–water partition coefficient (Wildman–Crippen LogP) is 2.17. The average Bonchev–Trinajstić information content (AvgIpc) is 2.66. The molecule has 2 heterocycles. The number of hydrogen-bond donors (Lipinski definition) is 1. The lowest BCUT2D eigenvalue weighted by molar-refractivity contribution is 0.421. The highest BCUT2D eigenvalue weighted by Gasteiger charge is 2.10. The van der Waals surface area contributed by atoms with E-state index in [1.54, 1.807) is 12.4 Å². The molecular formula is C14H21N5. The molecule has 2 aromatic heterocycles. The van der Waals surface area contributed by atoms with Crippen LogP contribution in [-0.2, 0) is 6.54 Å². The maximum atomic E-state index is 4.42.